The molecule has 3 N–H and O–H groups in total. The molecule has 8 rings (SSSR count). The van der Waals surface area contributed by atoms with Crippen molar-refractivity contribution >= 4 is 12.0 Å². The zero-order valence-electron chi connectivity index (χ0n) is 28.8. The van der Waals surface area contributed by atoms with E-state index in [1.165, 1.54) is 32.1 Å². The van der Waals surface area contributed by atoms with Crippen LogP contribution < -0.4 is 5.73 Å². The first-order chi connectivity index (χ1) is 21.8. The SMILES string of the molecule is C[C@@H]1C[C@H](COC(N)=O)O[C@H]2[C@H]1[C@@]1(C)CC[C@@]34C[C@@]35CC[C@H](O[C@H]3CN(C(=O)CC6CC6)CCO3)C(C)(C)[C@@H]5CC[C@H]4[C@]1(C)[C@H]2O. The van der Waals surface area contributed by atoms with Gasteiger partial charge in [-0.15, -0.1) is 0 Å². The molecule has 0 aromatic carbocycles. The van der Waals surface area contributed by atoms with Gasteiger partial charge in [0.2, 0.25) is 5.91 Å². The monoisotopic (exact) mass is 642 g/mol. The van der Waals surface area contributed by atoms with Gasteiger partial charge in [-0.3, -0.25) is 4.79 Å². The van der Waals surface area contributed by atoms with Crippen molar-refractivity contribution < 1.29 is 33.6 Å². The summed E-state index contributed by atoms with van der Waals surface area (Å²) in [6.45, 7) is 14.0. The van der Waals surface area contributed by atoms with Crippen LogP contribution in [0.2, 0.25) is 0 Å². The van der Waals surface area contributed by atoms with Gasteiger partial charge in [0.05, 0.1) is 37.6 Å². The van der Waals surface area contributed by atoms with Crippen LogP contribution in [0, 0.1) is 56.7 Å². The second-order valence-corrected chi connectivity index (χ2v) is 18.2. The lowest BCUT2D eigenvalue weighted by Crippen LogP contribution is -2.60. The molecule has 9 nitrogen and oxygen atoms in total. The number of morpholine rings is 1. The van der Waals surface area contributed by atoms with Gasteiger partial charge in [-0.2, -0.15) is 0 Å². The van der Waals surface area contributed by atoms with Crippen molar-refractivity contribution in [1.29, 1.82) is 0 Å². The number of aliphatic hydroxyl groups is 1. The van der Waals surface area contributed by atoms with Crippen LogP contribution in [0.3, 0.4) is 0 Å². The van der Waals surface area contributed by atoms with Crippen LogP contribution in [0.25, 0.3) is 0 Å². The Morgan fingerprint density at radius 2 is 1.74 bits per heavy atom. The molecule has 0 aromatic rings. The fraction of sp³-hybridized carbons (Fsp3) is 0.946. The molecule has 2 aliphatic heterocycles. The summed E-state index contributed by atoms with van der Waals surface area (Å²) < 4.78 is 24.7. The van der Waals surface area contributed by atoms with Gasteiger partial charge < -0.3 is 34.7 Å². The fourth-order valence-corrected chi connectivity index (χ4v) is 13.7. The smallest absolute Gasteiger partial charge is 0.404 e. The van der Waals surface area contributed by atoms with Crippen molar-refractivity contribution in [2.24, 2.45) is 62.4 Å². The molecule has 8 aliphatic rings. The molecule has 2 saturated heterocycles. The molecule has 46 heavy (non-hydrogen) atoms. The van der Waals surface area contributed by atoms with E-state index in [1.807, 2.05) is 4.90 Å². The molecule has 0 aromatic heterocycles. The molecule has 6 aliphatic carbocycles. The Hall–Kier alpha value is -1.42. The molecule has 8 fully saturated rings. The summed E-state index contributed by atoms with van der Waals surface area (Å²) in [6.07, 6.45) is 10.0. The first kappa shape index (κ1) is 31.8. The summed E-state index contributed by atoms with van der Waals surface area (Å²) in [5, 5.41) is 12.3. The predicted molar refractivity (Wildman–Crippen MR) is 170 cm³/mol. The third-order valence-corrected chi connectivity index (χ3v) is 16.1. The van der Waals surface area contributed by atoms with Crippen molar-refractivity contribution in [1.82, 2.24) is 4.90 Å². The minimum absolute atomic E-state index is 0.00445. The predicted octanol–water partition coefficient (Wildman–Crippen LogP) is 5.27. The summed E-state index contributed by atoms with van der Waals surface area (Å²) in [4.78, 5) is 26.2. The zero-order chi connectivity index (χ0) is 32.4. The highest BCUT2D eigenvalue weighted by atomic mass is 16.7. The maximum Gasteiger partial charge on any atom is 0.404 e. The van der Waals surface area contributed by atoms with Crippen molar-refractivity contribution in [2.75, 3.05) is 26.3 Å². The van der Waals surface area contributed by atoms with Gasteiger partial charge in [0, 0.05) is 18.4 Å². The number of hydrogen-bond donors (Lipinski definition) is 2. The van der Waals surface area contributed by atoms with Crippen LogP contribution in [0.1, 0.15) is 105 Å². The summed E-state index contributed by atoms with van der Waals surface area (Å²) >= 11 is 0. The fourth-order valence-electron chi connectivity index (χ4n) is 13.7. The molecular weight excluding hydrogens is 584 g/mol. The van der Waals surface area contributed by atoms with Crippen LogP contribution in [0.4, 0.5) is 4.79 Å². The van der Waals surface area contributed by atoms with E-state index in [1.54, 1.807) is 0 Å². The molecule has 13 atom stereocenters. The second-order valence-electron chi connectivity index (χ2n) is 18.2. The Kier molecular flexibility index (Phi) is 7.29. The maximum absolute atomic E-state index is 12.9. The van der Waals surface area contributed by atoms with Crippen LogP contribution in [-0.2, 0) is 23.7 Å². The number of amides is 2. The van der Waals surface area contributed by atoms with Crippen LogP contribution in [0.5, 0.6) is 0 Å². The topological polar surface area (TPSA) is 121 Å². The second kappa shape index (κ2) is 10.5. The summed E-state index contributed by atoms with van der Waals surface area (Å²) in [5.41, 5.74) is 5.62. The van der Waals surface area contributed by atoms with Gasteiger partial charge in [0.1, 0.15) is 6.61 Å². The Labute approximate surface area is 275 Å². The molecule has 0 bridgehead atoms. The minimum Gasteiger partial charge on any atom is -0.447 e. The van der Waals surface area contributed by atoms with E-state index in [0.717, 1.165) is 32.1 Å². The third kappa shape index (κ3) is 4.32. The van der Waals surface area contributed by atoms with Crippen molar-refractivity contribution in [2.45, 2.75) is 136 Å². The van der Waals surface area contributed by atoms with Gasteiger partial charge in [0.15, 0.2) is 6.29 Å². The number of rotatable bonds is 6. The van der Waals surface area contributed by atoms with Gasteiger partial charge in [0.25, 0.3) is 0 Å². The van der Waals surface area contributed by atoms with E-state index in [2.05, 4.69) is 34.6 Å². The molecule has 6 saturated carbocycles. The number of carbonyl (C=O) groups excluding carboxylic acids is 2. The highest BCUT2D eigenvalue weighted by Crippen LogP contribution is 2.89. The lowest BCUT2D eigenvalue weighted by atomic mass is 9.41. The lowest BCUT2D eigenvalue weighted by Gasteiger charge is -2.64. The number of ether oxygens (including phenoxy) is 4. The Morgan fingerprint density at radius 1 is 1.00 bits per heavy atom. The van der Waals surface area contributed by atoms with E-state index in [4.69, 9.17) is 24.7 Å². The molecule has 258 valence electrons. The minimum atomic E-state index is -0.772. The number of carbonyl (C=O) groups is 2. The highest BCUT2D eigenvalue weighted by molar-refractivity contribution is 5.76. The van der Waals surface area contributed by atoms with E-state index >= 15 is 0 Å². The van der Waals surface area contributed by atoms with E-state index < -0.39 is 12.2 Å². The number of aliphatic hydroxyl groups excluding tert-OH is 1. The van der Waals surface area contributed by atoms with Crippen molar-refractivity contribution in [3.8, 4) is 0 Å². The average Bonchev–Trinajstić information content (AvgIpc) is 3.93. The van der Waals surface area contributed by atoms with Gasteiger partial charge >= 0.3 is 6.09 Å². The van der Waals surface area contributed by atoms with Crippen LogP contribution in [-0.4, -0.2) is 79.0 Å². The standard InChI is InChI=1S/C37H58N2O7/c1-21-16-23(19-44-32(38)42)45-30-29(21)34(4)12-13-37-20-36(37)11-10-26(33(2,3)24(36)8-9-25(37)35(34,5)31(30)41)46-28-18-39(14-15-43-28)27(40)17-22-6-7-22/h21-26,28-31,41H,6-20H2,1-5H3,(H2,38,42)/t21-,23-,24+,25+,26+,28+,29+,30+,31+,34-,35-,36-,37+/m1/s1. The number of primary amides is 1. The van der Waals surface area contributed by atoms with Gasteiger partial charge in [-0.1, -0.05) is 34.6 Å². The quantitative estimate of drug-likeness (QED) is 0.405. The Balaban J connectivity index is 0.995. The summed E-state index contributed by atoms with van der Waals surface area (Å²) in [5.74, 6) is 2.55. The summed E-state index contributed by atoms with van der Waals surface area (Å²) in [6, 6.07) is 0. The first-order valence-electron chi connectivity index (χ1n) is 18.6. The average molecular weight is 643 g/mol. The normalized spacial score (nSPS) is 52.0. The molecule has 2 spiro atoms. The first-order valence-corrected chi connectivity index (χ1v) is 18.6. The number of hydrogen-bond acceptors (Lipinski definition) is 7. The summed E-state index contributed by atoms with van der Waals surface area (Å²) in [7, 11) is 0. The van der Waals surface area contributed by atoms with E-state index in [9.17, 15) is 14.7 Å². The zero-order valence-corrected chi connectivity index (χ0v) is 28.8. The number of nitrogens with zero attached hydrogens (tertiary/aromatic N) is 1. The molecule has 2 heterocycles. The van der Waals surface area contributed by atoms with Gasteiger partial charge in [-0.05, 0) is 115 Å². The van der Waals surface area contributed by atoms with E-state index in [-0.39, 0.29) is 64.7 Å². The molecular formula is C37H58N2O7. The largest absolute Gasteiger partial charge is 0.447 e. The highest BCUT2D eigenvalue weighted by Gasteiger charge is 2.84. The molecule has 0 unspecified atom stereocenters. The maximum atomic E-state index is 12.9. The van der Waals surface area contributed by atoms with Crippen LogP contribution >= 0.6 is 0 Å². The molecule has 0 radical (unpaired) electrons. The van der Waals surface area contributed by atoms with Crippen molar-refractivity contribution in [3.05, 3.63) is 0 Å². The Morgan fingerprint density at radius 3 is 2.48 bits per heavy atom. The van der Waals surface area contributed by atoms with Gasteiger partial charge in [-0.25, -0.2) is 4.79 Å². The molecule has 9 heteroatoms. The van der Waals surface area contributed by atoms with Crippen molar-refractivity contribution in [3.63, 3.8) is 0 Å². The molecule has 2 amide bonds. The number of nitrogens with two attached hydrogens (primary N) is 1. The lowest BCUT2D eigenvalue weighted by molar-refractivity contribution is -0.248. The Bertz CT molecular complexity index is 1260. The number of fused-ring (bicyclic) bond motifs is 4. The van der Waals surface area contributed by atoms with Crippen LogP contribution in [0.15, 0.2) is 0 Å². The third-order valence-electron chi connectivity index (χ3n) is 16.1. The van der Waals surface area contributed by atoms with E-state index in [0.29, 0.717) is 55.2 Å².